The largest absolute Gasteiger partial charge is 0.308 e. The smallest absolute Gasteiger partial charge is 0.0993 e. The summed E-state index contributed by atoms with van der Waals surface area (Å²) >= 11 is 0. The van der Waals surface area contributed by atoms with Crippen LogP contribution in [0.15, 0.2) is 152 Å². The van der Waals surface area contributed by atoms with Crippen molar-refractivity contribution in [3.8, 4) is 63.0 Å². The molecule has 0 saturated carbocycles. The summed E-state index contributed by atoms with van der Waals surface area (Å²) < 4.78 is 4.52. The third kappa shape index (κ3) is 5.74. The van der Waals surface area contributed by atoms with Gasteiger partial charge in [0.25, 0.3) is 0 Å². The first-order valence-corrected chi connectivity index (χ1v) is 20.0. The van der Waals surface area contributed by atoms with Crippen LogP contribution in [0.25, 0.3) is 88.4 Å². The van der Waals surface area contributed by atoms with Crippen LogP contribution in [0, 0.1) is 61.7 Å². The molecule has 5 nitrogen and oxygen atoms in total. The zero-order valence-corrected chi connectivity index (χ0v) is 33.7. The minimum Gasteiger partial charge on any atom is -0.308 e. The van der Waals surface area contributed by atoms with Crippen molar-refractivity contribution in [2.75, 3.05) is 0 Å². The van der Waals surface area contributed by atoms with Crippen LogP contribution in [0.3, 0.4) is 0 Å². The molecule has 0 saturated heterocycles. The van der Waals surface area contributed by atoms with Crippen LogP contribution in [0.2, 0.25) is 0 Å². The zero-order chi connectivity index (χ0) is 41.2. The Morgan fingerprint density at radius 1 is 0.367 bits per heavy atom. The lowest BCUT2D eigenvalue weighted by Gasteiger charge is -2.21. The van der Waals surface area contributed by atoms with E-state index in [-0.39, 0.29) is 0 Å². The number of benzene rings is 8. The predicted molar refractivity (Wildman–Crippen MR) is 245 cm³/mol. The Morgan fingerprint density at radius 3 is 1.22 bits per heavy atom. The molecule has 0 unspecified atom stereocenters. The predicted octanol–water partition coefficient (Wildman–Crippen LogP) is 13.7. The molecular weight excluding hydrogens is 731 g/mol. The second kappa shape index (κ2) is 14.0. The van der Waals surface area contributed by atoms with E-state index in [0.717, 1.165) is 82.8 Å². The Balaban J connectivity index is 1.38. The Bertz CT molecular complexity index is 3350. The minimum atomic E-state index is 0.379. The van der Waals surface area contributed by atoms with Crippen LogP contribution in [-0.4, -0.2) is 9.13 Å². The molecule has 0 radical (unpaired) electrons. The number of nitrogens with zero attached hydrogens (tertiary/aromatic N) is 5. The molecule has 0 atom stereocenters. The van der Waals surface area contributed by atoms with Crippen molar-refractivity contribution < 1.29 is 0 Å². The first-order valence-electron chi connectivity index (χ1n) is 20.0. The minimum absolute atomic E-state index is 0.379. The number of rotatable bonds is 5. The van der Waals surface area contributed by atoms with E-state index in [2.05, 4.69) is 164 Å². The lowest BCUT2D eigenvalue weighted by molar-refractivity contribution is 1.13. The van der Waals surface area contributed by atoms with Gasteiger partial charge in [0, 0.05) is 27.1 Å². The van der Waals surface area contributed by atoms with Gasteiger partial charge in [0.05, 0.1) is 68.3 Å². The van der Waals surface area contributed by atoms with Crippen molar-refractivity contribution in [2.24, 2.45) is 0 Å². The van der Waals surface area contributed by atoms with Gasteiger partial charge in [-0.2, -0.15) is 15.8 Å². The molecule has 60 heavy (non-hydrogen) atoms. The third-order valence-corrected chi connectivity index (χ3v) is 11.9. The van der Waals surface area contributed by atoms with Crippen molar-refractivity contribution in [2.45, 2.75) is 27.7 Å². The van der Waals surface area contributed by atoms with E-state index in [1.807, 2.05) is 36.4 Å². The maximum atomic E-state index is 10.9. The molecule has 10 aromatic rings. The number of para-hydroxylation sites is 2. The maximum absolute atomic E-state index is 10.9. The van der Waals surface area contributed by atoms with Gasteiger partial charge in [-0.15, -0.1) is 0 Å². The van der Waals surface area contributed by atoms with E-state index in [9.17, 15) is 15.8 Å². The normalized spacial score (nSPS) is 11.3. The van der Waals surface area contributed by atoms with Crippen LogP contribution >= 0.6 is 0 Å². The Labute approximate surface area is 348 Å². The van der Waals surface area contributed by atoms with E-state index in [1.165, 1.54) is 22.3 Å². The van der Waals surface area contributed by atoms with E-state index >= 15 is 0 Å². The molecule has 2 aromatic heterocycles. The van der Waals surface area contributed by atoms with Gasteiger partial charge in [-0.3, -0.25) is 0 Å². The fourth-order valence-electron chi connectivity index (χ4n) is 9.30. The van der Waals surface area contributed by atoms with Crippen molar-refractivity contribution in [1.29, 1.82) is 15.8 Å². The van der Waals surface area contributed by atoms with Gasteiger partial charge >= 0.3 is 0 Å². The van der Waals surface area contributed by atoms with E-state index in [0.29, 0.717) is 22.3 Å². The molecule has 0 spiro atoms. The van der Waals surface area contributed by atoms with Crippen molar-refractivity contribution >= 4 is 43.6 Å². The van der Waals surface area contributed by atoms with E-state index < -0.39 is 0 Å². The van der Waals surface area contributed by atoms with Crippen LogP contribution in [0.4, 0.5) is 0 Å². The Hall–Kier alpha value is -8.17. The van der Waals surface area contributed by atoms with Crippen molar-refractivity contribution in [3.63, 3.8) is 0 Å². The SMILES string of the molecule is Cc1ccc(-c2ccc3c4ccccc4n(-c4cc(C#N)cc(-n5c6ccccc6c6ccc(-c7ccc(C)cc7C)cc65)c4-c4cc(C#N)cc(C#N)c4)c3c2)c(C)c1. The van der Waals surface area contributed by atoms with Gasteiger partial charge < -0.3 is 9.13 Å². The molecule has 2 heterocycles. The van der Waals surface area contributed by atoms with Crippen molar-refractivity contribution in [3.05, 3.63) is 191 Å². The highest BCUT2D eigenvalue weighted by Crippen LogP contribution is 2.44. The van der Waals surface area contributed by atoms with Gasteiger partial charge in [0.2, 0.25) is 0 Å². The van der Waals surface area contributed by atoms with Gasteiger partial charge in [-0.05, 0) is 121 Å². The molecule has 0 amide bonds. The quantitative estimate of drug-likeness (QED) is 0.175. The van der Waals surface area contributed by atoms with Crippen LogP contribution in [0.1, 0.15) is 38.9 Å². The second-order valence-electron chi connectivity index (χ2n) is 15.8. The van der Waals surface area contributed by atoms with Gasteiger partial charge in [0.1, 0.15) is 0 Å². The zero-order valence-electron chi connectivity index (χ0n) is 33.7. The highest BCUT2D eigenvalue weighted by atomic mass is 15.0. The molecule has 8 aromatic carbocycles. The summed E-state index contributed by atoms with van der Waals surface area (Å²) in [6.45, 7) is 8.52. The summed E-state index contributed by atoms with van der Waals surface area (Å²) in [6, 6.07) is 59.5. The second-order valence-corrected chi connectivity index (χ2v) is 15.8. The molecule has 5 heteroatoms. The number of aromatic nitrogens is 2. The topological polar surface area (TPSA) is 81.2 Å². The highest BCUT2D eigenvalue weighted by Gasteiger charge is 2.24. The van der Waals surface area contributed by atoms with Crippen LogP contribution in [0.5, 0.6) is 0 Å². The summed E-state index contributed by atoms with van der Waals surface area (Å²) in [5.41, 5.74) is 17.4. The van der Waals surface area contributed by atoms with Crippen molar-refractivity contribution in [1.82, 2.24) is 9.13 Å². The van der Waals surface area contributed by atoms with E-state index in [4.69, 9.17) is 0 Å². The fourth-order valence-corrected chi connectivity index (χ4v) is 9.30. The van der Waals surface area contributed by atoms with Gasteiger partial charge in [-0.25, -0.2) is 0 Å². The van der Waals surface area contributed by atoms with Crippen LogP contribution < -0.4 is 0 Å². The standard InChI is InChI=1S/C55H37N5/c1-33-13-17-43(35(3)21-33)40-15-19-47-45-9-5-7-11-49(45)59(51(47)28-40)53-26-39(32-58)27-54(55(53)42-24-37(30-56)23-38(25-42)31-57)60-50-12-8-6-10-46(50)48-20-16-41(29-52(48)60)44-18-14-34(2)22-36(44)4/h5-29H,1-4H3. The lowest BCUT2D eigenvalue weighted by Crippen LogP contribution is -2.05. The fraction of sp³-hybridized carbons (Fsp3) is 0.0727. The molecule has 282 valence electrons. The summed E-state index contributed by atoms with van der Waals surface area (Å²) in [6.07, 6.45) is 0. The summed E-state index contributed by atoms with van der Waals surface area (Å²) in [7, 11) is 0. The summed E-state index contributed by atoms with van der Waals surface area (Å²) in [5.74, 6) is 0. The first-order chi connectivity index (χ1) is 29.2. The molecule has 0 aliphatic carbocycles. The monoisotopic (exact) mass is 767 g/mol. The number of nitriles is 3. The number of hydrogen-bond donors (Lipinski definition) is 0. The maximum Gasteiger partial charge on any atom is 0.0993 e. The van der Waals surface area contributed by atoms with E-state index in [1.54, 1.807) is 6.07 Å². The third-order valence-electron chi connectivity index (χ3n) is 11.9. The van der Waals surface area contributed by atoms with Gasteiger partial charge in [0.15, 0.2) is 0 Å². The average Bonchev–Trinajstić information content (AvgIpc) is 3.77. The molecular formula is C55H37N5. The Morgan fingerprint density at radius 2 is 0.783 bits per heavy atom. The number of fused-ring (bicyclic) bond motifs is 6. The summed E-state index contributed by atoms with van der Waals surface area (Å²) in [4.78, 5) is 0. The molecule has 0 fully saturated rings. The first kappa shape index (κ1) is 36.2. The van der Waals surface area contributed by atoms with Gasteiger partial charge in [-0.1, -0.05) is 108 Å². The Kier molecular flexibility index (Phi) is 8.47. The molecule has 0 aliphatic rings. The summed E-state index contributed by atoms with van der Waals surface area (Å²) in [5, 5.41) is 35.9. The number of aryl methyl sites for hydroxylation is 4. The molecule has 0 aliphatic heterocycles. The lowest BCUT2D eigenvalue weighted by atomic mass is 9.95. The molecule has 0 bridgehead atoms. The number of hydrogen-bond acceptors (Lipinski definition) is 3. The molecule has 10 rings (SSSR count). The average molecular weight is 768 g/mol. The molecule has 0 N–H and O–H groups in total. The highest BCUT2D eigenvalue weighted by molar-refractivity contribution is 6.13. The van der Waals surface area contributed by atoms with Crippen LogP contribution in [-0.2, 0) is 0 Å².